The maximum atomic E-state index is 5.86. The zero-order chi connectivity index (χ0) is 11.6. The minimum atomic E-state index is 0.186. The second-order valence-corrected chi connectivity index (χ2v) is 5.24. The molecule has 1 aromatic heterocycles. The molecule has 0 saturated heterocycles. The van der Waals surface area contributed by atoms with E-state index in [2.05, 4.69) is 43.0 Å². The van der Waals surface area contributed by atoms with E-state index in [4.69, 9.17) is 11.6 Å². The van der Waals surface area contributed by atoms with Crippen molar-refractivity contribution < 1.29 is 0 Å². The van der Waals surface area contributed by atoms with Gasteiger partial charge < -0.3 is 5.32 Å². The first kappa shape index (κ1) is 12.2. The van der Waals surface area contributed by atoms with E-state index < -0.39 is 0 Å². The Morgan fingerprint density at radius 3 is 2.40 bits per heavy atom. The van der Waals surface area contributed by atoms with Crippen LogP contribution in [0.25, 0.3) is 0 Å². The standard InChI is InChI=1S/C11H18ClN3/c1-7(11(3,4)5)13-10-6-9(12)14-8(2)15-10/h6-7H,1-5H3,(H,13,14,15). The van der Waals surface area contributed by atoms with Crippen LogP contribution in [0.1, 0.15) is 33.5 Å². The maximum absolute atomic E-state index is 5.86. The van der Waals surface area contributed by atoms with Gasteiger partial charge in [0.25, 0.3) is 0 Å². The van der Waals surface area contributed by atoms with Crippen LogP contribution in [0.2, 0.25) is 5.15 Å². The first-order chi connectivity index (χ1) is 6.79. The lowest BCUT2D eigenvalue weighted by molar-refractivity contribution is 0.358. The van der Waals surface area contributed by atoms with Crippen LogP contribution in [0.15, 0.2) is 6.07 Å². The molecule has 84 valence electrons. The fourth-order valence-electron chi connectivity index (χ4n) is 1.04. The summed E-state index contributed by atoms with van der Waals surface area (Å²) in [6.45, 7) is 10.5. The second-order valence-electron chi connectivity index (χ2n) is 4.86. The molecule has 0 spiro atoms. The van der Waals surface area contributed by atoms with Crippen LogP contribution in [0.4, 0.5) is 5.82 Å². The first-order valence-electron chi connectivity index (χ1n) is 5.07. The summed E-state index contributed by atoms with van der Waals surface area (Å²) in [5.74, 6) is 1.47. The summed E-state index contributed by atoms with van der Waals surface area (Å²) in [6, 6.07) is 2.07. The molecule has 0 aliphatic carbocycles. The molecule has 1 unspecified atom stereocenters. The van der Waals surface area contributed by atoms with Gasteiger partial charge in [0.15, 0.2) is 0 Å². The van der Waals surface area contributed by atoms with E-state index in [9.17, 15) is 0 Å². The van der Waals surface area contributed by atoms with Crippen LogP contribution in [0.5, 0.6) is 0 Å². The van der Waals surface area contributed by atoms with Crippen molar-refractivity contribution in [1.29, 1.82) is 0 Å². The number of halogens is 1. The lowest BCUT2D eigenvalue weighted by atomic mass is 9.88. The normalized spacial score (nSPS) is 13.7. The fraction of sp³-hybridized carbons (Fsp3) is 0.636. The molecule has 0 fully saturated rings. The monoisotopic (exact) mass is 227 g/mol. The van der Waals surface area contributed by atoms with Gasteiger partial charge in [0.2, 0.25) is 0 Å². The van der Waals surface area contributed by atoms with Crippen molar-refractivity contribution in [3.8, 4) is 0 Å². The lowest BCUT2D eigenvalue weighted by Crippen LogP contribution is -2.31. The second kappa shape index (κ2) is 4.35. The highest BCUT2D eigenvalue weighted by Crippen LogP contribution is 2.22. The molecule has 1 aromatic rings. The minimum Gasteiger partial charge on any atom is -0.367 e. The maximum Gasteiger partial charge on any atom is 0.134 e. The summed E-state index contributed by atoms with van der Waals surface area (Å²) < 4.78 is 0. The molecule has 0 bridgehead atoms. The third kappa shape index (κ3) is 3.67. The largest absolute Gasteiger partial charge is 0.367 e. The highest BCUT2D eigenvalue weighted by molar-refractivity contribution is 6.29. The molecule has 0 aromatic carbocycles. The van der Waals surface area contributed by atoms with E-state index in [1.807, 2.05) is 6.92 Å². The molecule has 3 nitrogen and oxygen atoms in total. The van der Waals surface area contributed by atoms with Gasteiger partial charge in [0.1, 0.15) is 16.8 Å². The van der Waals surface area contributed by atoms with Crippen molar-refractivity contribution >= 4 is 17.4 Å². The molecular weight excluding hydrogens is 210 g/mol. The Morgan fingerprint density at radius 1 is 1.33 bits per heavy atom. The zero-order valence-electron chi connectivity index (χ0n) is 9.93. The summed E-state index contributed by atoms with van der Waals surface area (Å²) in [6.07, 6.45) is 0. The molecule has 0 radical (unpaired) electrons. The summed E-state index contributed by atoms with van der Waals surface area (Å²) in [5.41, 5.74) is 0.186. The lowest BCUT2D eigenvalue weighted by Gasteiger charge is -2.28. The predicted molar refractivity (Wildman–Crippen MR) is 64.3 cm³/mol. The number of hydrogen-bond donors (Lipinski definition) is 1. The van der Waals surface area contributed by atoms with E-state index in [1.54, 1.807) is 6.07 Å². The molecule has 0 amide bonds. The number of aromatic nitrogens is 2. The van der Waals surface area contributed by atoms with Crippen molar-refractivity contribution in [3.05, 3.63) is 17.0 Å². The van der Waals surface area contributed by atoms with Gasteiger partial charge in [-0.05, 0) is 19.3 Å². The third-order valence-corrected chi connectivity index (χ3v) is 2.66. The van der Waals surface area contributed by atoms with Crippen molar-refractivity contribution in [2.75, 3.05) is 5.32 Å². The molecule has 1 atom stereocenters. The van der Waals surface area contributed by atoms with E-state index in [-0.39, 0.29) is 5.41 Å². The fourth-order valence-corrected chi connectivity index (χ4v) is 1.27. The molecule has 0 saturated carbocycles. The molecule has 1 heterocycles. The number of hydrogen-bond acceptors (Lipinski definition) is 3. The summed E-state index contributed by atoms with van der Waals surface area (Å²) in [4.78, 5) is 8.30. The summed E-state index contributed by atoms with van der Waals surface area (Å²) in [5, 5.41) is 3.81. The Bertz CT molecular complexity index is 324. The topological polar surface area (TPSA) is 37.8 Å². The van der Waals surface area contributed by atoms with Crippen molar-refractivity contribution in [3.63, 3.8) is 0 Å². The smallest absolute Gasteiger partial charge is 0.134 e. The Balaban J connectivity index is 2.81. The van der Waals surface area contributed by atoms with Crippen LogP contribution in [0, 0.1) is 12.3 Å². The summed E-state index contributed by atoms with van der Waals surface area (Å²) in [7, 11) is 0. The number of nitrogens with one attached hydrogen (secondary N) is 1. The van der Waals surface area contributed by atoms with Gasteiger partial charge in [-0.15, -0.1) is 0 Å². The predicted octanol–water partition coefficient (Wildman–Crippen LogP) is 3.28. The van der Waals surface area contributed by atoms with Crippen LogP contribution in [-0.2, 0) is 0 Å². The van der Waals surface area contributed by atoms with Crippen LogP contribution in [-0.4, -0.2) is 16.0 Å². The van der Waals surface area contributed by atoms with Gasteiger partial charge in [-0.3, -0.25) is 0 Å². The van der Waals surface area contributed by atoms with E-state index in [1.165, 1.54) is 0 Å². The Morgan fingerprint density at radius 2 is 1.93 bits per heavy atom. The van der Waals surface area contributed by atoms with Gasteiger partial charge >= 0.3 is 0 Å². The van der Waals surface area contributed by atoms with Gasteiger partial charge in [-0.1, -0.05) is 32.4 Å². The Labute approximate surface area is 96.3 Å². The molecule has 1 rings (SSSR count). The van der Waals surface area contributed by atoms with Gasteiger partial charge in [-0.25, -0.2) is 9.97 Å². The van der Waals surface area contributed by atoms with Gasteiger partial charge in [0.05, 0.1) is 0 Å². The molecule has 0 aliphatic rings. The summed E-state index contributed by atoms with van der Waals surface area (Å²) >= 11 is 5.86. The van der Waals surface area contributed by atoms with Crippen molar-refractivity contribution in [2.45, 2.75) is 40.7 Å². The van der Waals surface area contributed by atoms with Gasteiger partial charge in [0, 0.05) is 12.1 Å². The molecule has 15 heavy (non-hydrogen) atoms. The first-order valence-corrected chi connectivity index (χ1v) is 5.44. The highest BCUT2D eigenvalue weighted by Gasteiger charge is 2.20. The number of rotatable bonds is 2. The van der Waals surface area contributed by atoms with Crippen LogP contribution < -0.4 is 5.32 Å². The van der Waals surface area contributed by atoms with E-state index in [0.717, 1.165) is 5.82 Å². The van der Waals surface area contributed by atoms with Crippen molar-refractivity contribution in [2.24, 2.45) is 5.41 Å². The average Bonchev–Trinajstić information content (AvgIpc) is 1.99. The van der Waals surface area contributed by atoms with Crippen LogP contribution in [0.3, 0.4) is 0 Å². The quantitative estimate of drug-likeness (QED) is 0.788. The van der Waals surface area contributed by atoms with Crippen molar-refractivity contribution in [1.82, 2.24) is 9.97 Å². The molecule has 4 heteroatoms. The third-order valence-electron chi connectivity index (χ3n) is 2.47. The van der Waals surface area contributed by atoms with Gasteiger partial charge in [-0.2, -0.15) is 0 Å². The Kier molecular flexibility index (Phi) is 3.55. The SMILES string of the molecule is Cc1nc(Cl)cc(NC(C)C(C)(C)C)n1. The van der Waals surface area contributed by atoms with E-state index >= 15 is 0 Å². The minimum absolute atomic E-state index is 0.186. The molecule has 0 aliphatic heterocycles. The number of nitrogens with zero attached hydrogens (tertiary/aromatic N) is 2. The molecule has 1 N–H and O–H groups in total. The van der Waals surface area contributed by atoms with Crippen LogP contribution >= 0.6 is 11.6 Å². The zero-order valence-corrected chi connectivity index (χ0v) is 10.7. The number of aryl methyl sites for hydroxylation is 1. The number of anilines is 1. The highest BCUT2D eigenvalue weighted by atomic mass is 35.5. The Hall–Kier alpha value is -0.830. The molecular formula is C11H18ClN3. The van der Waals surface area contributed by atoms with E-state index in [0.29, 0.717) is 17.0 Å². The average molecular weight is 228 g/mol.